The molecule has 0 aromatic heterocycles. The number of nitrogens with zero attached hydrogens (tertiary/aromatic N) is 1. The Morgan fingerprint density at radius 1 is 0.586 bits per heavy atom. The minimum Gasteiger partial charge on any atom is -0.401 e. The van der Waals surface area contributed by atoms with Gasteiger partial charge in [-0.1, -0.05) is 59.1 Å². The van der Waals surface area contributed by atoms with Crippen molar-refractivity contribution in [2.75, 3.05) is 14.2 Å². The Morgan fingerprint density at radius 3 is 1.17 bits per heavy atom. The summed E-state index contributed by atoms with van der Waals surface area (Å²) < 4.78 is 45.4. The largest absolute Gasteiger partial charge is 0.533 e. The first-order valence-corrected chi connectivity index (χ1v) is 11.6. The first-order valence-electron chi connectivity index (χ1n) is 8.66. The first-order chi connectivity index (χ1) is 14.1. The van der Waals surface area contributed by atoms with Crippen molar-refractivity contribution in [3.05, 3.63) is 91.0 Å². The molecule has 7 nitrogen and oxygen atoms in total. The van der Waals surface area contributed by atoms with Crippen molar-refractivity contribution in [2.24, 2.45) is 4.52 Å². The van der Waals surface area contributed by atoms with E-state index in [1.54, 1.807) is 72.8 Å². The second-order valence-electron chi connectivity index (χ2n) is 5.60. The molecule has 0 saturated heterocycles. The predicted octanol–water partition coefficient (Wildman–Crippen LogP) is 6.57. The highest BCUT2D eigenvalue weighted by atomic mass is 31.2. The zero-order valence-corrected chi connectivity index (χ0v) is 17.7. The molecule has 0 bridgehead atoms. The summed E-state index contributed by atoms with van der Waals surface area (Å²) >= 11 is 0. The summed E-state index contributed by atoms with van der Waals surface area (Å²) in [6.07, 6.45) is 0. The van der Waals surface area contributed by atoms with Crippen molar-refractivity contribution >= 4 is 15.5 Å². The van der Waals surface area contributed by atoms with E-state index >= 15 is 0 Å². The van der Waals surface area contributed by atoms with Crippen LogP contribution in [0.4, 0.5) is 0 Å². The number of para-hydroxylation sites is 3. The average Bonchev–Trinajstić information content (AvgIpc) is 2.75. The molecule has 0 heterocycles. The van der Waals surface area contributed by atoms with E-state index in [9.17, 15) is 4.57 Å². The van der Waals surface area contributed by atoms with Crippen LogP contribution in [0.1, 0.15) is 0 Å². The summed E-state index contributed by atoms with van der Waals surface area (Å²) in [5.74, 6) is 1.28. The standard InChI is InChI=1S/C20H21NO6P2/c1-23-28(22,24-2)21-29(25-18-12-6-3-7-13-18,26-19-14-8-4-9-15-19)27-20-16-10-5-11-17-20/h3-17H,1-2H3. The predicted molar refractivity (Wildman–Crippen MR) is 112 cm³/mol. The quantitative estimate of drug-likeness (QED) is 0.355. The molecule has 0 unspecified atom stereocenters. The first kappa shape index (κ1) is 21.2. The van der Waals surface area contributed by atoms with Gasteiger partial charge >= 0.3 is 15.5 Å². The van der Waals surface area contributed by atoms with Crippen LogP contribution in [0.15, 0.2) is 95.5 Å². The van der Waals surface area contributed by atoms with Crippen LogP contribution in [0.3, 0.4) is 0 Å². The van der Waals surface area contributed by atoms with Gasteiger partial charge in [-0.2, -0.15) is 0 Å². The molecular formula is C20H21NO6P2. The fourth-order valence-electron chi connectivity index (χ4n) is 2.24. The highest BCUT2D eigenvalue weighted by Gasteiger charge is 2.37. The third kappa shape index (κ3) is 5.96. The van der Waals surface area contributed by atoms with Crippen molar-refractivity contribution in [1.29, 1.82) is 0 Å². The second-order valence-corrected chi connectivity index (χ2v) is 9.47. The molecule has 0 aliphatic heterocycles. The van der Waals surface area contributed by atoms with Gasteiger partial charge in [-0.15, -0.1) is 0 Å². The van der Waals surface area contributed by atoms with Crippen LogP contribution in [-0.2, 0) is 13.6 Å². The molecule has 0 aliphatic rings. The molecule has 0 aliphatic carbocycles. The zero-order chi connectivity index (χ0) is 20.6. The van der Waals surface area contributed by atoms with Gasteiger partial charge in [0.15, 0.2) is 0 Å². The summed E-state index contributed by atoms with van der Waals surface area (Å²) in [5.41, 5.74) is 0. The molecule has 3 rings (SSSR count). The summed E-state index contributed by atoms with van der Waals surface area (Å²) in [6, 6.07) is 26.6. The molecule has 0 radical (unpaired) electrons. The Morgan fingerprint density at radius 2 is 0.897 bits per heavy atom. The van der Waals surface area contributed by atoms with Gasteiger partial charge in [0, 0.05) is 14.2 Å². The van der Waals surface area contributed by atoms with Gasteiger partial charge in [0.2, 0.25) is 0 Å². The molecule has 152 valence electrons. The summed E-state index contributed by atoms with van der Waals surface area (Å²) in [6.45, 7) is 0. The lowest BCUT2D eigenvalue weighted by Crippen LogP contribution is -2.09. The summed E-state index contributed by atoms with van der Waals surface area (Å²) in [4.78, 5) is 0. The lowest BCUT2D eigenvalue weighted by atomic mass is 10.3. The van der Waals surface area contributed by atoms with Crippen molar-refractivity contribution in [3.63, 3.8) is 0 Å². The monoisotopic (exact) mass is 433 g/mol. The highest BCUT2D eigenvalue weighted by Crippen LogP contribution is 2.63. The Bertz CT molecular complexity index is 883. The van der Waals surface area contributed by atoms with Crippen molar-refractivity contribution < 1.29 is 27.2 Å². The van der Waals surface area contributed by atoms with E-state index in [2.05, 4.69) is 4.52 Å². The topological polar surface area (TPSA) is 75.6 Å². The van der Waals surface area contributed by atoms with Crippen molar-refractivity contribution in [3.8, 4) is 17.2 Å². The second kappa shape index (κ2) is 9.77. The molecule has 0 saturated carbocycles. The van der Waals surface area contributed by atoms with E-state index in [4.69, 9.17) is 22.6 Å². The van der Waals surface area contributed by atoms with Crippen LogP contribution >= 0.6 is 15.5 Å². The van der Waals surface area contributed by atoms with Crippen LogP contribution in [0.2, 0.25) is 0 Å². The highest BCUT2D eigenvalue weighted by molar-refractivity contribution is 7.64. The fraction of sp³-hybridized carbons (Fsp3) is 0.100. The third-order valence-electron chi connectivity index (χ3n) is 3.57. The third-order valence-corrected chi connectivity index (χ3v) is 7.57. The van der Waals surface area contributed by atoms with E-state index in [0.717, 1.165) is 0 Å². The number of rotatable bonds is 9. The Hall–Kier alpha value is -2.56. The Kier molecular flexibility index (Phi) is 7.13. The fourth-order valence-corrected chi connectivity index (χ4v) is 5.76. The maximum Gasteiger partial charge on any atom is 0.533 e. The maximum absolute atomic E-state index is 12.9. The van der Waals surface area contributed by atoms with E-state index in [0.29, 0.717) is 17.2 Å². The zero-order valence-electron chi connectivity index (χ0n) is 16.0. The molecule has 3 aromatic carbocycles. The van der Waals surface area contributed by atoms with Gasteiger partial charge in [-0.05, 0) is 36.4 Å². The smallest absolute Gasteiger partial charge is 0.401 e. The van der Waals surface area contributed by atoms with Gasteiger partial charge < -0.3 is 13.6 Å². The molecule has 0 atom stereocenters. The SMILES string of the molecule is COP(=O)(N=P(Oc1ccccc1)(Oc1ccccc1)Oc1ccccc1)OC. The molecular weight excluding hydrogens is 412 g/mol. The number of benzene rings is 3. The summed E-state index contributed by atoms with van der Waals surface area (Å²) in [5, 5.41) is 0. The van der Waals surface area contributed by atoms with E-state index in [1.165, 1.54) is 14.2 Å². The van der Waals surface area contributed by atoms with Gasteiger partial charge in [0.25, 0.3) is 0 Å². The van der Waals surface area contributed by atoms with Crippen LogP contribution in [0.5, 0.6) is 17.2 Å². The van der Waals surface area contributed by atoms with Crippen LogP contribution in [0.25, 0.3) is 0 Å². The Balaban J connectivity index is 2.15. The van der Waals surface area contributed by atoms with Crippen molar-refractivity contribution in [2.45, 2.75) is 0 Å². The number of hydrogen-bond donors (Lipinski definition) is 0. The molecule has 0 amide bonds. The minimum atomic E-state index is -3.91. The van der Waals surface area contributed by atoms with E-state index < -0.39 is 15.5 Å². The lowest BCUT2D eigenvalue weighted by molar-refractivity contribution is 0.275. The van der Waals surface area contributed by atoms with Crippen LogP contribution in [-0.4, -0.2) is 14.2 Å². The van der Waals surface area contributed by atoms with Gasteiger partial charge in [0.05, 0.1) is 0 Å². The lowest BCUT2D eigenvalue weighted by Gasteiger charge is -2.25. The van der Waals surface area contributed by atoms with Gasteiger partial charge in [0.1, 0.15) is 17.2 Å². The molecule has 3 aromatic rings. The van der Waals surface area contributed by atoms with Crippen LogP contribution in [0, 0.1) is 0 Å². The van der Waals surface area contributed by atoms with E-state index in [-0.39, 0.29) is 0 Å². The molecule has 9 heteroatoms. The normalized spacial score (nSPS) is 11.5. The van der Waals surface area contributed by atoms with Crippen molar-refractivity contribution in [1.82, 2.24) is 0 Å². The van der Waals surface area contributed by atoms with Crippen LogP contribution < -0.4 is 13.6 Å². The maximum atomic E-state index is 12.9. The Labute approximate surface area is 170 Å². The minimum absolute atomic E-state index is 0.426. The average molecular weight is 433 g/mol. The molecule has 0 fully saturated rings. The van der Waals surface area contributed by atoms with Gasteiger partial charge in [-0.25, -0.2) is 4.57 Å². The molecule has 0 spiro atoms. The molecule has 0 N–H and O–H groups in total. The van der Waals surface area contributed by atoms with E-state index in [1.807, 2.05) is 18.2 Å². The number of hydrogen-bond acceptors (Lipinski definition) is 6. The molecule has 29 heavy (non-hydrogen) atoms. The van der Waals surface area contributed by atoms with Gasteiger partial charge in [-0.3, -0.25) is 9.05 Å². The summed E-state index contributed by atoms with van der Waals surface area (Å²) in [7, 11) is -5.15.